The Bertz CT molecular complexity index is 580. The first-order chi connectivity index (χ1) is 10.1. The fourth-order valence-electron chi connectivity index (χ4n) is 2.44. The molecule has 1 aliphatic heterocycles. The number of halogens is 1. The van der Waals surface area contributed by atoms with Gasteiger partial charge in [-0.3, -0.25) is 9.59 Å². The number of carbonyl (C=O) groups is 2. The summed E-state index contributed by atoms with van der Waals surface area (Å²) in [6, 6.07) is 8.91. The summed E-state index contributed by atoms with van der Waals surface area (Å²) in [5.41, 5.74) is 0.739. The number of anilines is 1. The van der Waals surface area contributed by atoms with E-state index >= 15 is 0 Å². The maximum Gasteiger partial charge on any atom is 0.239 e. The predicted octanol–water partition coefficient (Wildman–Crippen LogP) is 2.06. The summed E-state index contributed by atoms with van der Waals surface area (Å²) in [6.45, 7) is 2.74. The van der Waals surface area contributed by atoms with Crippen molar-refractivity contribution in [2.24, 2.45) is 5.92 Å². The summed E-state index contributed by atoms with van der Waals surface area (Å²) >= 11 is 5.83. The molecule has 2 rings (SSSR count). The monoisotopic (exact) mass is 305 g/mol. The van der Waals surface area contributed by atoms with Crippen LogP contribution in [0.5, 0.6) is 0 Å². The highest BCUT2D eigenvalue weighted by molar-refractivity contribution is 6.30. The molecule has 1 atom stereocenters. The third kappa shape index (κ3) is 3.17. The van der Waals surface area contributed by atoms with Gasteiger partial charge in [0, 0.05) is 23.8 Å². The van der Waals surface area contributed by atoms with Gasteiger partial charge in [0.2, 0.25) is 11.8 Å². The van der Waals surface area contributed by atoms with E-state index in [1.165, 1.54) is 4.90 Å². The number of benzene rings is 1. The van der Waals surface area contributed by atoms with Gasteiger partial charge in [-0.2, -0.15) is 5.26 Å². The highest BCUT2D eigenvalue weighted by Crippen LogP contribution is 2.27. The molecule has 5 nitrogen and oxygen atoms in total. The van der Waals surface area contributed by atoms with Crippen molar-refractivity contribution in [2.45, 2.75) is 13.3 Å². The van der Waals surface area contributed by atoms with Crippen molar-refractivity contribution in [3.8, 4) is 6.07 Å². The first-order valence-electron chi connectivity index (χ1n) is 6.81. The normalized spacial score (nSPS) is 17.7. The van der Waals surface area contributed by atoms with Crippen LogP contribution in [0.4, 0.5) is 5.69 Å². The van der Waals surface area contributed by atoms with E-state index in [4.69, 9.17) is 16.9 Å². The molecule has 0 spiro atoms. The van der Waals surface area contributed by atoms with Crippen molar-refractivity contribution >= 4 is 29.1 Å². The Labute approximate surface area is 128 Å². The summed E-state index contributed by atoms with van der Waals surface area (Å²) in [5, 5.41) is 9.33. The van der Waals surface area contributed by atoms with Gasteiger partial charge in [-0.05, 0) is 37.6 Å². The Morgan fingerprint density at radius 2 is 2.14 bits per heavy atom. The van der Waals surface area contributed by atoms with Crippen LogP contribution in [0.2, 0.25) is 5.02 Å². The van der Waals surface area contributed by atoms with Crippen LogP contribution in [-0.4, -0.2) is 36.3 Å². The predicted molar refractivity (Wildman–Crippen MR) is 79.8 cm³/mol. The van der Waals surface area contributed by atoms with Crippen LogP contribution >= 0.6 is 11.6 Å². The molecule has 1 aliphatic rings. The second-order valence-electron chi connectivity index (χ2n) is 4.82. The lowest BCUT2D eigenvalue weighted by molar-refractivity contribution is -0.139. The third-order valence-electron chi connectivity index (χ3n) is 3.60. The maximum atomic E-state index is 12.4. The molecule has 0 bridgehead atoms. The quantitative estimate of drug-likeness (QED) is 0.632. The van der Waals surface area contributed by atoms with E-state index in [9.17, 15) is 9.59 Å². The number of carbonyl (C=O) groups excluding carboxylic acids is 2. The van der Waals surface area contributed by atoms with Gasteiger partial charge in [0.25, 0.3) is 0 Å². The molecule has 1 aromatic rings. The van der Waals surface area contributed by atoms with Crippen molar-refractivity contribution in [1.29, 1.82) is 5.26 Å². The average molecular weight is 306 g/mol. The van der Waals surface area contributed by atoms with Crippen molar-refractivity contribution in [3.63, 3.8) is 0 Å². The highest BCUT2D eigenvalue weighted by Gasteiger charge is 2.39. The Morgan fingerprint density at radius 1 is 1.48 bits per heavy atom. The maximum absolute atomic E-state index is 12.4. The fraction of sp³-hybridized carbons (Fsp3) is 0.400. The molecular weight excluding hydrogens is 290 g/mol. The lowest BCUT2D eigenvalue weighted by atomic mass is 10.1. The van der Waals surface area contributed by atoms with Crippen LogP contribution in [0.25, 0.3) is 0 Å². The summed E-state index contributed by atoms with van der Waals surface area (Å²) in [4.78, 5) is 27.7. The average Bonchev–Trinajstić information content (AvgIpc) is 2.86. The molecule has 0 aliphatic carbocycles. The SMILES string of the molecule is CCN(CC#N)C(=O)C1CCN(c2ccc(Cl)cc2)C1=O. The van der Waals surface area contributed by atoms with Crippen LogP contribution in [0.15, 0.2) is 24.3 Å². The molecular formula is C15H16ClN3O2. The largest absolute Gasteiger partial charge is 0.329 e. The minimum absolute atomic E-state index is 0.0139. The van der Waals surface area contributed by atoms with Crippen LogP contribution in [0.3, 0.4) is 0 Å². The number of amides is 2. The van der Waals surface area contributed by atoms with Gasteiger partial charge in [0.15, 0.2) is 0 Å². The second kappa shape index (κ2) is 6.59. The van der Waals surface area contributed by atoms with Gasteiger partial charge in [-0.25, -0.2) is 0 Å². The van der Waals surface area contributed by atoms with Crippen molar-refractivity contribution < 1.29 is 9.59 Å². The van der Waals surface area contributed by atoms with E-state index in [-0.39, 0.29) is 18.4 Å². The standard InChI is InChI=1S/C15H16ClN3O2/c1-2-18(10-8-17)14(20)13-7-9-19(15(13)21)12-5-3-11(16)4-6-12/h3-6,13H,2,7,9-10H2,1H3. The van der Waals surface area contributed by atoms with E-state index in [1.54, 1.807) is 36.1 Å². The summed E-state index contributed by atoms with van der Waals surface area (Å²) in [5.74, 6) is -1.16. The highest BCUT2D eigenvalue weighted by atomic mass is 35.5. The molecule has 0 saturated carbocycles. The van der Waals surface area contributed by atoms with Gasteiger partial charge in [0.05, 0.1) is 6.07 Å². The number of hydrogen-bond donors (Lipinski definition) is 0. The second-order valence-corrected chi connectivity index (χ2v) is 5.25. The van der Waals surface area contributed by atoms with E-state index < -0.39 is 5.92 Å². The molecule has 6 heteroatoms. The summed E-state index contributed by atoms with van der Waals surface area (Å²) in [6.07, 6.45) is 0.474. The Kier molecular flexibility index (Phi) is 4.81. The minimum atomic E-state index is -0.686. The molecule has 0 N–H and O–H groups in total. The zero-order valence-corrected chi connectivity index (χ0v) is 12.5. The van der Waals surface area contributed by atoms with E-state index in [0.29, 0.717) is 24.5 Å². The van der Waals surface area contributed by atoms with Gasteiger partial charge in [-0.15, -0.1) is 0 Å². The van der Waals surface area contributed by atoms with Crippen molar-refractivity contribution in [2.75, 3.05) is 24.5 Å². The lowest BCUT2D eigenvalue weighted by Gasteiger charge is -2.21. The number of rotatable bonds is 4. The van der Waals surface area contributed by atoms with Crippen LogP contribution in [-0.2, 0) is 9.59 Å². The molecule has 1 heterocycles. The van der Waals surface area contributed by atoms with Gasteiger partial charge < -0.3 is 9.80 Å². The molecule has 21 heavy (non-hydrogen) atoms. The fourth-order valence-corrected chi connectivity index (χ4v) is 2.56. The number of nitrogens with zero attached hydrogens (tertiary/aromatic N) is 3. The molecule has 1 saturated heterocycles. The van der Waals surface area contributed by atoms with Crippen LogP contribution < -0.4 is 4.90 Å². The zero-order chi connectivity index (χ0) is 15.4. The Hall–Kier alpha value is -2.06. The van der Waals surface area contributed by atoms with Crippen molar-refractivity contribution in [3.05, 3.63) is 29.3 Å². The Morgan fingerprint density at radius 3 is 2.71 bits per heavy atom. The third-order valence-corrected chi connectivity index (χ3v) is 3.85. The Balaban J connectivity index is 2.13. The minimum Gasteiger partial charge on any atom is -0.329 e. The van der Waals surface area contributed by atoms with Gasteiger partial charge >= 0.3 is 0 Å². The van der Waals surface area contributed by atoms with Gasteiger partial charge in [0.1, 0.15) is 12.5 Å². The zero-order valence-electron chi connectivity index (χ0n) is 11.8. The molecule has 1 aromatic carbocycles. The molecule has 1 unspecified atom stereocenters. The number of nitriles is 1. The molecule has 1 fully saturated rings. The molecule has 0 aromatic heterocycles. The molecule has 0 radical (unpaired) electrons. The smallest absolute Gasteiger partial charge is 0.239 e. The summed E-state index contributed by atoms with van der Waals surface area (Å²) < 4.78 is 0. The van der Waals surface area contributed by atoms with E-state index in [0.717, 1.165) is 5.69 Å². The first kappa shape index (κ1) is 15.3. The van der Waals surface area contributed by atoms with Gasteiger partial charge in [-0.1, -0.05) is 11.6 Å². The lowest BCUT2D eigenvalue weighted by Crippen LogP contribution is -2.40. The molecule has 2 amide bonds. The van der Waals surface area contributed by atoms with Crippen LogP contribution in [0, 0.1) is 17.2 Å². The number of hydrogen-bond acceptors (Lipinski definition) is 3. The van der Waals surface area contributed by atoms with E-state index in [2.05, 4.69) is 0 Å². The van der Waals surface area contributed by atoms with Crippen molar-refractivity contribution in [1.82, 2.24) is 4.90 Å². The summed E-state index contributed by atoms with van der Waals surface area (Å²) in [7, 11) is 0. The topological polar surface area (TPSA) is 64.4 Å². The van der Waals surface area contributed by atoms with Crippen LogP contribution in [0.1, 0.15) is 13.3 Å². The molecule has 110 valence electrons. The first-order valence-corrected chi connectivity index (χ1v) is 7.19. The van der Waals surface area contributed by atoms with E-state index in [1.807, 2.05) is 6.07 Å².